The van der Waals surface area contributed by atoms with Crippen molar-refractivity contribution in [2.75, 3.05) is 52.5 Å². The van der Waals surface area contributed by atoms with Crippen LogP contribution in [0.3, 0.4) is 0 Å². The van der Waals surface area contributed by atoms with Crippen LogP contribution < -0.4 is 0 Å². The van der Waals surface area contributed by atoms with E-state index in [2.05, 4.69) is 34.1 Å². The van der Waals surface area contributed by atoms with E-state index in [1.165, 1.54) is 5.56 Å². The molecule has 0 saturated carbocycles. The second kappa shape index (κ2) is 9.47. The molecule has 154 valence electrons. The maximum atomic E-state index is 12.5. The Kier molecular flexibility index (Phi) is 6.53. The zero-order valence-electron chi connectivity index (χ0n) is 16.5. The zero-order chi connectivity index (χ0) is 20.1. The molecule has 4 rings (SSSR count). The first-order valence-corrected chi connectivity index (χ1v) is 10.9. The Hall–Kier alpha value is -2.29. The Labute approximate surface area is 174 Å². The average Bonchev–Trinajstić information content (AvgIpc) is 3.23. The standard InChI is InChI=1S/C21H26N4O3S/c26-16-24-5-7-25(8-6-24)20(27)13-19-15-29-21(22-19)18-3-1-17(2-4-18)14-23-9-11-28-12-10-23/h1-4,15-16H,5-14H2. The van der Waals surface area contributed by atoms with E-state index in [1.807, 2.05) is 10.3 Å². The number of aromatic nitrogens is 1. The van der Waals surface area contributed by atoms with Crippen molar-refractivity contribution in [1.82, 2.24) is 19.7 Å². The summed E-state index contributed by atoms with van der Waals surface area (Å²) in [5.41, 5.74) is 3.18. The molecule has 0 N–H and O–H groups in total. The van der Waals surface area contributed by atoms with Crippen LogP contribution in [0, 0.1) is 0 Å². The van der Waals surface area contributed by atoms with Crippen LogP contribution in [0.1, 0.15) is 11.3 Å². The maximum absolute atomic E-state index is 12.5. The van der Waals surface area contributed by atoms with Gasteiger partial charge in [0, 0.05) is 56.8 Å². The molecule has 2 saturated heterocycles. The van der Waals surface area contributed by atoms with Gasteiger partial charge in [-0.15, -0.1) is 11.3 Å². The first kappa shape index (κ1) is 20.0. The molecule has 29 heavy (non-hydrogen) atoms. The van der Waals surface area contributed by atoms with E-state index in [0.29, 0.717) is 32.6 Å². The smallest absolute Gasteiger partial charge is 0.228 e. The summed E-state index contributed by atoms with van der Waals surface area (Å²) in [5.74, 6) is 0.0771. The van der Waals surface area contributed by atoms with Gasteiger partial charge in [-0.1, -0.05) is 24.3 Å². The summed E-state index contributed by atoms with van der Waals surface area (Å²) in [6, 6.07) is 8.53. The van der Waals surface area contributed by atoms with Gasteiger partial charge in [0.15, 0.2) is 0 Å². The monoisotopic (exact) mass is 414 g/mol. The SMILES string of the molecule is O=CN1CCN(C(=O)Cc2csc(-c3ccc(CN4CCOCC4)cc3)n2)CC1. The Morgan fingerprint density at radius 2 is 1.79 bits per heavy atom. The molecular weight excluding hydrogens is 388 g/mol. The third-order valence-electron chi connectivity index (χ3n) is 5.41. The van der Waals surface area contributed by atoms with Gasteiger partial charge in [0.2, 0.25) is 12.3 Å². The predicted molar refractivity (Wildman–Crippen MR) is 112 cm³/mol. The number of nitrogens with zero attached hydrogens (tertiary/aromatic N) is 4. The first-order chi connectivity index (χ1) is 14.2. The minimum atomic E-state index is 0.0771. The van der Waals surface area contributed by atoms with Crippen LogP contribution in [0.5, 0.6) is 0 Å². The summed E-state index contributed by atoms with van der Waals surface area (Å²) in [5, 5.41) is 2.91. The molecule has 2 aromatic rings. The average molecular weight is 415 g/mol. The molecule has 2 aliphatic rings. The molecule has 2 amide bonds. The molecule has 0 bridgehead atoms. The molecular formula is C21H26N4O3S. The zero-order valence-corrected chi connectivity index (χ0v) is 17.3. The first-order valence-electron chi connectivity index (χ1n) is 10.0. The van der Waals surface area contributed by atoms with Crippen LogP contribution in [0.15, 0.2) is 29.6 Å². The number of piperazine rings is 1. The quantitative estimate of drug-likeness (QED) is 0.670. The van der Waals surface area contributed by atoms with Crippen LogP contribution in [0.4, 0.5) is 0 Å². The number of thiazole rings is 1. The van der Waals surface area contributed by atoms with Gasteiger partial charge in [-0.25, -0.2) is 4.98 Å². The maximum Gasteiger partial charge on any atom is 0.228 e. The molecule has 3 heterocycles. The van der Waals surface area contributed by atoms with Gasteiger partial charge < -0.3 is 14.5 Å². The number of rotatable bonds is 6. The fraction of sp³-hybridized carbons (Fsp3) is 0.476. The van der Waals surface area contributed by atoms with Gasteiger partial charge in [-0.3, -0.25) is 14.5 Å². The molecule has 2 fully saturated rings. The van der Waals surface area contributed by atoms with E-state index < -0.39 is 0 Å². The van der Waals surface area contributed by atoms with E-state index in [-0.39, 0.29) is 5.91 Å². The highest BCUT2D eigenvalue weighted by atomic mass is 32.1. The number of carbonyl (C=O) groups excluding carboxylic acids is 2. The predicted octanol–water partition coefficient (Wildman–Crippen LogP) is 1.49. The lowest BCUT2D eigenvalue weighted by molar-refractivity contribution is -0.134. The number of hydrogen-bond acceptors (Lipinski definition) is 6. The summed E-state index contributed by atoms with van der Waals surface area (Å²) in [7, 11) is 0. The van der Waals surface area contributed by atoms with Gasteiger partial charge in [-0.05, 0) is 5.56 Å². The number of hydrogen-bond donors (Lipinski definition) is 0. The Morgan fingerprint density at radius 3 is 2.48 bits per heavy atom. The fourth-order valence-electron chi connectivity index (χ4n) is 3.63. The van der Waals surface area contributed by atoms with Gasteiger partial charge in [0.05, 0.1) is 25.3 Å². The van der Waals surface area contributed by atoms with Gasteiger partial charge in [0.25, 0.3) is 0 Å². The molecule has 0 atom stereocenters. The lowest BCUT2D eigenvalue weighted by Gasteiger charge is -2.32. The van der Waals surface area contributed by atoms with Crippen molar-refractivity contribution < 1.29 is 14.3 Å². The Bertz CT molecular complexity index is 825. The van der Waals surface area contributed by atoms with Crippen molar-refractivity contribution in [3.63, 3.8) is 0 Å². The lowest BCUT2D eigenvalue weighted by atomic mass is 10.1. The summed E-state index contributed by atoms with van der Waals surface area (Å²) in [4.78, 5) is 33.9. The van der Waals surface area contributed by atoms with E-state index >= 15 is 0 Å². The summed E-state index contributed by atoms with van der Waals surface area (Å²) in [6.07, 6.45) is 1.16. The highest BCUT2D eigenvalue weighted by molar-refractivity contribution is 7.13. The lowest BCUT2D eigenvalue weighted by Crippen LogP contribution is -2.48. The third kappa shape index (κ3) is 5.20. The highest BCUT2D eigenvalue weighted by Gasteiger charge is 2.21. The Balaban J connectivity index is 1.32. The highest BCUT2D eigenvalue weighted by Crippen LogP contribution is 2.25. The summed E-state index contributed by atoms with van der Waals surface area (Å²) < 4.78 is 5.40. The van der Waals surface area contributed by atoms with Gasteiger partial charge in [0.1, 0.15) is 5.01 Å². The molecule has 0 spiro atoms. The number of amides is 2. The molecule has 1 aromatic heterocycles. The summed E-state index contributed by atoms with van der Waals surface area (Å²) >= 11 is 1.57. The van der Waals surface area contributed by atoms with Crippen LogP contribution in [0.25, 0.3) is 10.6 Å². The van der Waals surface area contributed by atoms with E-state index in [1.54, 1.807) is 16.2 Å². The van der Waals surface area contributed by atoms with Crippen molar-refractivity contribution in [2.45, 2.75) is 13.0 Å². The van der Waals surface area contributed by atoms with Crippen LogP contribution in [-0.4, -0.2) is 84.5 Å². The van der Waals surface area contributed by atoms with Crippen molar-refractivity contribution >= 4 is 23.7 Å². The van der Waals surface area contributed by atoms with Crippen molar-refractivity contribution in [3.05, 3.63) is 40.9 Å². The van der Waals surface area contributed by atoms with Crippen molar-refractivity contribution in [1.29, 1.82) is 0 Å². The van der Waals surface area contributed by atoms with E-state index in [4.69, 9.17) is 4.74 Å². The Morgan fingerprint density at radius 1 is 1.07 bits per heavy atom. The number of benzene rings is 1. The molecule has 1 aromatic carbocycles. The van der Waals surface area contributed by atoms with Crippen LogP contribution in [0.2, 0.25) is 0 Å². The fourth-order valence-corrected chi connectivity index (χ4v) is 4.46. The minimum Gasteiger partial charge on any atom is -0.379 e. The molecule has 0 unspecified atom stereocenters. The molecule has 0 aliphatic carbocycles. The number of carbonyl (C=O) groups is 2. The minimum absolute atomic E-state index is 0.0771. The second-order valence-corrected chi connectivity index (χ2v) is 8.29. The van der Waals surface area contributed by atoms with Gasteiger partial charge in [-0.2, -0.15) is 0 Å². The molecule has 7 nitrogen and oxygen atoms in total. The molecule has 8 heteroatoms. The largest absolute Gasteiger partial charge is 0.379 e. The topological polar surface area (TPSA) is 66.0 Å². The summed E-state index contributed by atoms with van der Waals surface area (Å²) in [6.45, 7) is 6.93. The number of morpholine rings is 1. The van der Waals surface area contributed by atoms with Gasteiger partial charge >= 0.3 is 0 Å². The number of ether oxygens (including phenoxy) is 1. The molecule has 0 radical (unpaired) electrons. The van der Waals surface area contributed by atoms with E-state index in [9.17, 15) is 9.59 Å². The van der Waals surface area contributed by atoms with Crippen molar-refractivity contribution in [3.8, 4) is 10.6 Å². The second-order valence-electron chi connectivity index (χ2n) is 7.43. The van der Waals surface area contributed by atoms with Crippen molar-refractivity contribution in [2.24, 2.45) is 0 Å². The third-order valence-corrected chi connectivity index (χ3v) is 6.35. The normalized spacial score (nSPS) is 18.1. The van der Waals surface area contributed by atoms with Crippen LogP contribution >= 0.6 is 11.3 Å². The molecule has 2 aliphatic heterocycles. The van der Waals surface area contributed by atoms with Crippen LogP contribution in [-0.2, 0) is 27.3 Å². The van der Waals surface area contributed by atoms with E-state index in [0.717, 1.165) is 55.5 Å².